The molecule has 0 aromatic heterocycles. The fourth-order valence-corrected chi connectivity index (χ4v) is 1.57. The minimum atomic E-state index is 0.770. The predicted octanol–water partition coefficient (Wildman–Crippen LogP) is 3.53. The van der Waals surface area contributed by atoms with Gasteiger partial charge in [0.2, 0.25) is 0 Å². The molecule has 0 spiro atoms. The Morgan fingerprint density at radius 3 is 2.73 bits per heavy atom. The SMILES string of the molecule is C1=CC(C=NCc2ccccc2)=CCC1. The minimum absolute atomic E-state index is 0.770. The van der Waals surface area contributed by atoms with Gasteiger partial charge in [-0.1, -0.05) is 48.6 Å². The maximum Gasteiger partial charge on any atom is 0.0639 e. The third kappa shape index (κ3) is 3.21. The number of hydrogen-bond acceptors (Lipinski definition) is 1. The van der Waals surface area contributed by atoms with Crippen molar-refractivity contribution in [3.63, 3.8) is 0 Å². The van der Waals surface area contributed by atoms with Gasteiger partial charge in [0.25, 0.3) is 0 Å². The molecule has 1 nitrogen and oxygen atoms in total. The Hall–Kier alpha value is -1.63. The van der Waals surface area contributed by atoms with E-state index in [-0.39, 0.29) is 0 Å². The van der Waals surface area contributed by atoms with Gasteiger partial charge < -0.3 is 0 Å². The Balaban J connectivity index is 1.90. The van der Waals surface area contributed by atoms with E-state index in [1.54, 1.807) is 0 Å². The second-order valence-electron chi connectivity index (χ2n) is 3.64. The van der Waals surface area contributed by atoms with Crippen molar-refractivity contribution in [1.29, 1.82) is 0 Å². The number of nitrogens with zero attached hydrogens (tertiary/aromatic N) is 1. The number of hydrogen-bond donors (Lipinski definition) is 0. The monoisotopic (exact) mass is 197 g/mol. The van der Waals surface area contributed by atoms with Crippen molar-refractivity contribution in [2.24, 2.45) is 4.99 Å². The summed E-state index contributed by atoms with van der Waals surface area (Å²) in [6.45, 7) is 0.770. The maximum absolute atomic E-state index is 4.42. The van der Waals surface area contributed by atoms with E-state index in [1.807, 2.05) is 24.4 Å². The van der Waals surface area contributed by atoms with E-state index >= 15 is 0 Å². The van der Waals surface area contributed by atoms with Gasteiger partial charge in [-0.05, 0) is 24.0 Å². The lowest BCUT2D eigenvalue weighted by atomic mass is 10.1. The normalized spacial score (nSPS) is 15.6. The van der Waals surface area contributed by atoms with Crippen LogP contribution in [0.3, 0.4) is 0 Å². The van der Waals surface area contributed by atoms with E-state index in [0.29, 0.717) is 0 Å². The molecule has 2 rings (SSSR count). The van der Waals surface area contributed by atoms with Crippen LogP contribution in [-0.4, -0.2) is 6.21 Å². The van der Waals surface area contributed by atoms with Crippen LogP contribution in [0.25, 0.3) is 0 Å². The summed E-state index contributed by atoms with van der Waals surface area (Å²) in [6, 6.07) is 10.3. The molecule has 1 aliphatic rings. The van der Waals surface area contributed by atoms with Crippen molar-refractivity contribution < 1.29 is 0 Å². The first-order valence-corrected chi connectivity index (χ1v) is 5.35. The van der Waals surface area contributed by atoms with Gasteiger partial charge in [0.15, 0.2) is 0 Å². The molecule has 1 aliphatic carbocycles. The third-order valence-corrected chi connectivity index (χ3v) is 2.38. The lowest BCUT2D eigenvalue weighted by Gasteiger charge is -2.00. The molecule has 0 unspecified atom stereocenters. The van der Waals surface area contributed by atoms with Gasteiger partial charge in [-0.3, -0.25) is 4.99 Å². The highest BCUT2D eigenvalue weighted by molar-refractivity contribution is 5.82. The van der Waals surface area contributed by atoms with Crippen molar-refractivity contribution in [3.05, 3.63) is 59.7 Å². The quantitative estimate of drug-likeness (QED) is 0.657. The van der Waals surface area contributed by atoms with E-state index in [2.05, 4.69) is 35.4 Å². The van der Waals surface area contributed by atoms with Crippen LogP contribution in [0.15, 0.2) is 59.1 Å². The Morgan fingerprint density at radius 2 is 2.00 bits per heavy atom. The Kier molecular flexibility index (Phi) is 3.50. The summed E-state index contributed by atoms with van der Waals surface area (Å²) < 4.78 is 0. The molecular formula is C14H15N. The molecule has 0 amide bonds. The molecule has 0 heterocycles. The van der Waals surface area contributed by atoms with Crippen LogP contribution < -0.4 is 0 Å². The van der Waals surface area contributed by atoms with Crippen LogP contribution in [0.4, 0.5) is 0 Å². The van der Waals surface area contributed by atoms with Gasteiger partial charge in [-0.25, -0.2) is 0 Å². The largest absolute Gasteiger partial charge is 0.288 e. The first kappa shape index (κ1) is 9.91. The van der Waals surface area contributed by atoms with E-state index in [4.69, 9.17) is 0 Å². The minimum Gasteiger partial charge on any atom is -0.288 e. The predicted molar refractivity (Wildman–Crippen MR) is 65.1 cm³/mol. The van der Waals surface area contributed by atoms with Crippen molar-refractivity contribution in [3.8, 4) is 0 Å². The Labute approximate surface area is 90.9 Å². The standard InChI is InChI=1S/C14H15N/c1-3-7-13(8-4-1)11-15-12-14-9-5-2-6-10-14/h1,3-5,7-10,12H,2,6,11H2. The first-order chi connectivity index (χ1) is 7.45. The average Bonchev–Trinajstić information content (AvgIpc) is 2.32. The smallest absolute Gasteiger partial charge is 0.0639 e. The van der Waals surface area contributed by atoms with Crippen molar-refractivity contribution in [2.75, 3.05) is 0 Å². The number of aliphatic imine (C=N–C) groups is 1. The summed E-state index contributed by atoms with van der Waals surface area (Å²) in [6.07, 6.45) is 10.8. The van der Waals surface area contributed by atoms with Crippen LogP contribution in [0, 0.1) is 0 Å². The molecule has 0 saturated carbocycles. The van der Waals surface area contributed by atoms with Gasteiger partial charge in [-0.2, -0.15) is 0 Å². The molecular weight excluding hydrogens is 182 g/mol. The highest BCUT2D eigenvalue weighted by atomic mass is 14.7. The van der Waals surface area contributed by atoms with E-state index in [9.17, 15) is 0 Å². The molecule has 0 aliphatic heterocycles. The molecule has 0 N–H and O–H groups in total. The molecule has 1 heteroatoms. The molecule has 76 valence electrons. The second-order valence-corrected chi connectivity index (χ2v) is 3.64. The van der Waals surface area contributed by atoms with Crippen LogP contribution in [-0.2, 0) is 6.54 Å². The molecule has 0 bridgehead atoms. The van der Waals surface area contributed by atoms with Gasteiger partial charge in [0, 0.05) is 6.21 Å². The molecule has 1 aromatic rings. The molecule has 0 radical (unpaired) electrons. The Morgan fingerprint density at radius 1 is 1.13 bits per heavy atom. The van der Waals surface area contributed by atoms with Crippen LogP contribution in [0.1, 0.15) is 18.4 Å². The first-order valence-electron chi connectivity index (χ1n) is 5.35. The zero-order valence-corrected chi connectivity index (χ0v) is 8.76. The van der Waals surface area contributed by atoms with Gasteiger partial charge in [-0.15, -0.1) is 0 Å². The van der Waals surface area contributed by atoms with Crippen molar-refractivity contribution in [1.82, 2.24) is 0 Å². The second kappa shape index (κ2) is 5.30. The summed E-state index contributed by atoms with van der Waals surface area (Å²) in [4.78, 5) is 4.42. The van der Waals surface area contributed by atoms with E-state index < -0.39 is 0 Å². The Bertz CT molecular complexity index is 385. The van der Waals surface area contributed by atoms with Gasteiger partial charge in [0.05, 0.1) is 6.54 Å². The summed E-state index contributed by atoms with van der Waals surface area (Å²) in [5, 5.41) is 0. The van der Waals surface area contributed by atoms with Crippen LogP contribution >= 0.6 is 0 Å². The van der Waals surface area contributed by atoms with E-state index in [0.717, 1.165) is 19.4 Å². The molecule has 1 aromatic carbocycles. The zero-order chi connectivity index (χ0) is 10.3. The number of rotatable bonds is 3. The topological polar surface area (TPSA) is 12.4 Å². The fraction of sp³-hybridized carbons (Fsp3) is 0.214. The van der Waals surface area contributed by atoms with E-state index in [1.165, 1.54) is 11.1 Å². The highest BCUT2D eigenvalue weighted by Crippen LogP contribution is 2.08. The average molecular weight is 197 g/mol. The van der Waals surface area contributed by atoms with Gasteiger partial charge in [0.1, 0.15) is 0 Å². The van der Waals surface area contributed by atoms with Crippen LogP contribution in [0.5, 0.6) is 0 Å². The third-order valence-electron chi connectivity index (χ3n) is 2.38. The fourth-order valence-electron chi connectivity index (χ4n) is 1.57. The molecule has 0 saturated heterocycles. The zero-order valence-electron chi connectivity index (χ0n) is 8.76. The van der Waals surface area contributed by atoms with Crippen LogP contribution in [0.2, 0.25) is 0 Å². The summed E-state index contributed by atoms with van der Waals surface area (Å²) in [5.74, 6) is 0. The maximum atomic E-state index is 4.42. The van der Waals surface area contributed by atoms with Crippen molar-refractivity contribution >= 4 is 6.21 Å². The summed E-state index contributed by atoms with van der Waals surface area (Å²) in [5.41, 5.74) is 2.49. The van der Waals surface area contributed by atoms with Crippen molar-refractivity contribution in [2.45, 2.75) is 19.4 Å². The molecule has 0 atom stereocenters. The lowest BCUT2D eigenvalue weighted by molar-refractivity contribution is 1.03. The molecule has 15 heavy (non-hydrogen) atoms. The number of benzene rings is 1. The number of allylic oxidation sites excluding steroid dienone is 4. The highest BCUT2D eigenvalue weighted by Gasteiger charge is 1.92. The summed E-state index contributed by atoms with van der Waals surface area (Å²) >= 11 is 0. The van der Waals surface area contributed by atoms with Gasteiger partial charge >= 0.3 is 0 Å². The molecule has 0 fully saturated rings. The lowest BCUT2D eigenvalue weighted by Crippen LogP contribution is -1.87. The summed E-state index contributed by atoms with van der Waals surface area (Å²) in [7, 11) is 0.